The van der Waals surface area contributed by atoms with E-state index in [1.54, 1.807) is 12.1 Å². The van der Waals surface area contributed by atoms with E-state index in [4.69, 9.17) is 4.74 Å². The summed E-state index contributed by atoms with van der Waals surface area (Å²) in [5.41, 5.74) is 0.979. The standard InChI is InChI=1S/C16H25NO2/c1-6-11(2)17(5)14-10-16(3,4)19-15-9-12(18)7-8-13(14)15/h7-9,11,14,18H,6,10H2,1-5H3. The highest BCUT2D eigenvalue weighted by Crippen LogP contribution is 2.44. The number of fused-ring (bicyclic) bond motifs is 1. The molecule has 1 aromatic rings. The third-order valence-electron chi connectivity index (χ3n) is 4.21. The molecule has 19 heavy (non-hydrogen) atoms. The average Bonchev–Trinajstić information content (AvgIpc) is 2.34. The van der Waals surface area contributed by atoms with Crippen molar-refractivity contribution in [2.24, 2.45) is 0 Å². The van der Waals surface area contributed by atoms with Gasteiger partial charge in [-0.3, -0.25) is 4.90 Å². The van der Waals surface area contributed by atoms with Gasteiger partial charge in [0.05, 0.1) is 0 Å². The van der Waals surface area contributed by atoms with Gasteiger partial charge in [-0.05, 0) is 40.3 Å². The van der Waals surface area contributed by atoms with Crippen molar-refractivity contribution in [2.75, 3.05) is 7.05 Å². The van der Waals surface area contributed by atoms with Crippen molar-refractivity contribution in [1.29, 1.82) is 0 Å². The zero-order valence-corrected chi connectivity index (χ0v) is 12.6. The second kappa shape index (κ2) is 5.04. The van der Waals surface area contributed by atoms with Crippen molar-refractivity contribution in [1.82, 2.24) is 4.90 Å². The second-order valence-corrected chi connectivity index (χ2v) is 6.23. The van der Waals surface area contributed by atoms with Gasteiger partial charge >= 0.3 is 0 Å². The molecule has 0 saturated carbocycles. The van der Waals surface area contributed by atoms with Crippen molar-refractivity contribution in [3.05, 3.63) is 23.8 Å². The van der Waals surface area contributed by atoms with Crippen LogP contribution in [0.15, 0.2) is 18.2 Å². The van der Waals surface area contributed by atoms with Crippen molar-refractivity contribution >= 4 is 0 Å². The summed E-state index contributed by atoms with van der Waals surface area (Å²) in [7, 11) is 2.18. The topological polar surface area (TPSA) is 32.7 Å². The van der Waals surface area contributed by atoms with E-state index in [9.17, 15) is 5.11 Å². The van der Waals surface area contributed by atoms with Crippen molar-refractivity contribution < 1.29 is 9.84 Å². The van der Waals surface area contributed by atoms with E-state index in [1.807, 2.05) is 6.07 Å². The molecule has 106 valence electrons. The summed E-state index contributed by atoms with van der Waals surface area (Å²) in [4.78, 5) is 2.42. The molecule has 0 aliphatic carbocycles. The highest BCUT2D eigenvalue weighted by molar-refractivity contribution is 5.44. The Morgan fingerprint density at radius 2 is 2.16 bits per heavy atom. The van der Waals surface area contributed by atoms with Crippen LogP contribution in [0.5, 0.6) is 11.5 Å². The van der Waals surface area contributed by atoms with Crippen LogP contribution < -0.4 is 4.74 Å². The SMILES string of the molecule is CCC(C)N(C)C1CC(C)(C)Oc2cc(O)ccc21. The number of rotatable bonds is 3. The number of phenols is 1. The van der Waals surface area contributed by atoms with Gasteiger partial charge in [-0.25, -0.2) is 0 Å². The predicted octanol–water partition coefficient (Wildman–Crippen LogP) is 3.72. The fourth-order valence-electron chi connectivity index (χ4n) is 2.76. The van der Waals surface area contributed by atoms with Crippen molar-refractivity contribution in [2.45, 2.75) is 58.2 Å². The first-order valence-corrected chi connectivity index (χ1v) is 7.08. The van der Waals surface area contributed by atoms with Gasteiger partial charge < -0.3 is 9.84 Å². The van der Waals surface area contributed by atoms with E-state index in [1.165, 1.54) is 5.56 Å². The molecule has 1 aliphatic heterocycles. The molecule has 0 bridgehead atoms. The molecule has 0 radical (unpaired) electrons. The zero-order chi connectivity index (χ0) is 14.2. The van der Waals surface area contributed by atoms with Crippen LogP contribution in [0.4, 0.5) is 0 Å². The Hall–Kier alpha value is -1.22. The minimum atomic E-state index is -0.201. The molecule has 1 heterocycles. The number of hydrogen-bond donors (Lipinski definition) is 1. The lowest BCUT2D eigenvalue weighted by atomic mass is 9.88. The highest BCUT2D eigenvalue weighted by atomic mass is 16.5. The first-order valence-electron chi connectivity index (χ1n) is 7.08. The van der Waals surface area contributed by atoms with E-state index in [-0.39, 0.29) is 11.4 Å². The molecule has 0 spiro atoms. The molecule has 0 fully saturated rings. The van der Waals surface area contributed by atoms with Gasteiger partial charge in [0, 0.05) is 30.1 Å². The van der Waals surface area contributed by atoms with E-state index in [2.05, 4.69) is 39.6 Å². The van der Waals surface area contributed by atoms with Gasteiger partial charge in [0.1, 0.15) is 17.1 Å². The highest BCUT2D eigenvalue weighted by Gasteiger charge is 2.36. The molecule has 1 aliphatic rings. The Morgan fingerprint density at radius 3 is 2.79 bits per heavy atom. The number of phenolic OH excluding ortho intramolecular Hbond substituents is 1. The number of nitrogens with zero attached hydrogens (tertiary/aromatic N) is 1. The minimum Gasteiger partial charge on any atom is -0.508 e. The third kappa shape index (κ3) is 2.86. The minimum absolute atomic E-state index is 0.201. The summed E-state index contributed by atoms with van der Waals surface area (Å²) >= 11 is 0. The first-order chi connectivity index (χ1) is 8.84. The maximum absolute atomic E-state index is 9.65. The number of benzene rings is 1. The number of ether oxygens (including phenoxy) is 1. The number of hydrogen-bond acceptors (Lipinski definition) is 3. The largest absolute Gasteiger partial charge is 0.508 e. The lowest BCUT2D eigenvalue weighted by Crippen LogP contribution is -2.42. The van der Waals surface area contributed by atoms with E-state index >= 15 is 0 Å². The zero-order valence-electron chi connectivity index (χ0n) is 12.6. The molecule has 1 N–H and O–H groups in total. The fraction of sp³-hybridized carbons (Fsp3) is 0.625. The Kier molecular flexibility index (Phi) is 3.77. The van der Waals surface area contributed by atoms with Crippen LogP contribution in [0.2, 0.25) is 0 Å². The average molecular weight is 263 g/mol. The van der Waals surface area contributed by atoms with Crippen LogP contribution >= 0.6 is 0 Å². The van der Waals surface area contributed by atoms with Crippen LogP contribution in [0, 0.1) is 0 Å². The monoisotopic (exact) mass is 263 g/mol. The second-order valence-electron chi connectivity index (χ2n) is 6.23. The van der Waals surface area contributed by atoms with Crippen molar-refractivity contribution in [3.8, 4) is 11.5 Å². The van der Waals surface area contributed by atoms with Crippen LogP contribution in [-0.4, -0.2) is 28.7 Å². The number of aromatic hydroxyl groups is 1. The molecule has 2 rings (SSSR count). The quantitative estimate of drug-likeness (QED) is 0.902. The van der Waals surface area contributed by atoms with E-state index in [0.29, 0.717) is 12.1 Å². The molecule has 2 atom stereocenters. The summed E-state index contributed by atoms with van der Waals surface area (Å²) in [6.45, 7) is 8.68. The summed E-state index contributed by atoms with van der Waals surface area (Å²) in [5, 5.41) is 9.65. The summed E-state index contributed by atoms with van der Waals surface area (Å²) in [5.74, 6) is 1.08. The molecule has 3 heteroatoms. The fourth-order valence-corrected chi connectivity index (χ4v) is 2.76. The molecular formula is C16H25NO2. The normalized spacial score (nSPS) is 22.7. The third-order valence-corrected chi connectivity index (χ3v) is 4.21. The molecule has 2 unspecified atom stereocenters. The van der Waals surface area contributed by atoms with Crippen LogP contribution in [0.1, 0.15) is 52.1 Å². The van der Waals surface area contributed by atoms with Gasteiger partial charge in [0.2, 0.25) is 0 Å². The van der Waals surface area contributed by atoms with Crippen LogP contribution in [-0.2, 0) is 0 Å². The van der Waals surface area contributed by atoms with Crippen LogP contribution in [0.3, 0.4) is 0 Å². The Balaban J connectivity index is 2.40. The lowest BCUT2D eigenvalue weighted by molar-refractivity contribution is 0.0264. The van der Waals surface area contributed by atoms with Crippen LogP contribution in [0.25, 0.3) is 0 Å². The van der Waals surface area contributed by atoms with Gasteiger partial charge in [0.25, 0.3) is 0 Å². The predicted molar refractivity (Wildman–Crippen MR) is 77.7 cm³/mol. The van der Waals surface area contributed by atoms with Gasteiger partial charge in [0.15, 0.2) is 0 Å². The summed E-state index contributed by atoms with van der Waals surface area (Å²) < 4.78 is 6.01. The Labute approximate surface area is 116 Å². The first kappa shape index (κ1) is 14.2. The summed E-state index contributed by atoms with van der Waals surface area (Å²) in [6.07, 6.45) is 2.09. The smallest absolute Gasteiger partial charge is 0.128 e. The molecule has 0 aromatic heterocycles. The Morgan fingerprint density at radius 1 is 1.47 bits per heavy atom. The maximum Gasteiger partial charge on any atom is 0.128 e. The summed E-state index contributed by atoms with van der Waals surface area (Å²) in [6, 6.07) is 6.34. The van der Waals surface area contributed by atoms with Crippen molar-refractivity contribution in [3.63, 3.8) is 0 Å². The van der Waals surface area contributed by atoms with Gasteiger partial charge in [-0.15, -0.1) is 0 Å². The van der Waals surface area contributed by atoms with Gasteiger partial charge in [-0.2, -0.15) is 0 Å². The Bertz CT molecular complexity index is 456. The maximum atomic E-state index is 9.65. The van der Waals surface area contributed by atoms with Gasteiger partial charge in [-0.1, -0.05) is 13.0 Å². The van der Waals surface area contributed by atoms with E-state index in [0.717, 1.165) is 18.6 Å². The molecule has 0 amide bonds. The molecule has 1 aromatic carbocycles. The lowest BCUT2D eigenvalue weighted by Gasteiger charge is -2.43. The molecule has 3 nitrogen and oxygen atoms in total. The molecule has 0 saturated heterocycles. The van der Waals surface area contributed by atoms with E-state index < -0.39 is 0 Å². The molecular weight excluding hydrogens is 238 g/mol.